The molecular weight excluding hydrogens is 241 g/mol. The number of hydrogen-bond acceptors (Lipinski definition) is 1. The molecule has 16 heavy (non-hydrogen) atoms. The summed E-state index contributed by atoms with van der Waals surface area (Å²) in [6, 6.07) is 17.2. The van der Waals surface area contributed by atoms with Gasteiger partial charge < -0.3 is 0 Å². The summed E-state index contributed by atoms with van der Waals surface area (Å²) >= 11 is 11.5. The predicted molar refractivity (Wildman–Crippen MR) is 69.4 cm³/mol. The summed E-state index contributed by atoms with van der Waals surface area (Å²) in [6.45, 7) is 0. The molecule has 0 saturated heterocycles. The number of halogens is 2. The fourth-order valence-electron chi connectivity index (χ4n) is 1.47. The third-order valence-corrected chi connectivity index (χ3v) is 2.67. The summed E-state index contributed by atoms with van der Waals surface area (Å²) in [5.74, 6) is 0. The van der Waals surface area contributed by atoms with E-state index in [9.17, 15) is 0 Å². The Bertz CT molecular complexity index is 489. The van der Waals surface area contributed by atoms with Crippen molar-refractivity contribution in [3.8, 4) is 0 Å². The van der Waals surface area contributed by atoms with Crippen molar-refractivity contribution in [3.05, 3.63) is 70.7 Å². The largest absolute Gasteiger partial charge is 0.177 e. The van der Waals surface area contributed by atoms with Crippen LogP contribution in [-0.4, -0.2) is 5.71 Å². The molecule has 0 radical (unpaired) electrons. The first kappa shape index (κ1) is 11.2. The second-order valence-electron chi connectivity index (χ2n) is 3.31. The standard InChI is InChI=1S/C13H9Cl2N/c14-12-8-6-11(7-9-12)13(16-15)10-4-2-1-3-5-10/h1-9H/b16-13+. The molecule has 0 aromatic heterocycles. The van der Waals surface area contributed by atoms with Crippen LogP contribution in [-0.2, 0) is 0 Å². The molecular formula is C13H9Cl2N. The average Bonchev–Trinajstić information content (AvgIpc) is 2.34. The highest BCUT2D eigenvalue weighted by Crippen LogP contribution is 2.15. The molecule has 0 heterocycles. The maximum absolute atomic E-state index is 5.83. The van der Waals surface area contributed by atoms with Gasteiger partial charge in [0, 0.05) is 27.9 Å². The van der Waals surface area contributed by atoms with E-state index >= 15 is 0 Å². The second-order valence-corrected chi connectivity index (χ2v) is 3.91. The Kier molecular flexibility index (Phi) is 3.60. The van der Waals surface area contributed by atoms with Gasteiger partial charge in [0.15, 0.2) is 0 Å². The summed E-state index contributed by atoms with van der Waals surface area (Å²) < 4.78 is 3.80. The molecule has 0 aliphatic carbocycles. The molecule has 0 fully saturated rings. The molecule has 0 amide bonds. The van der Waals surface area contributed by atoms with Crippen LogP contribution in [0.15, 0.2) is 59.1 Å². The monoisotopic (exact) mass is 249 g/mol. The van der Waals surface area contributed by atoms with E-state index in [4.69, 9.17) is 23.4 Å². The Morgan fingerprint density at radius 2 is 1.38 bits per heavy atom. The van der Waals surface area contributed by atoms with Crippen molar-refractivity contribution in [2.45, 2.75) is 0 Å². The third-order valence-electron chi connectivity index (χ3n) is 2.25. The summed E-state index contributed by atoms with van der Waals surface area (Å²) in [6.07, 6.45) is 0. The van der Waals surface area contributed by atoms with Gasteiger partial charge in [0.2, 0.25) is 0 Å². The topological polar surface area (TPSA) is 12.4 Å². The molecule has 0 spiro atoms. The smallest absolute Gasteiger partial charge is 0.0921 e. The molecule has 0 aliphatic heterocycles. The van der Waals surface area contributed by atoms with Crippen molar-refractivity contribution in [2.24, 2.45) is 4.51 Å². The maximum Gasteiger partial charge on any atom is 0.0921 e. The quantitative estimate of drug-likeness (QED) is 0.703. The molecule has 1 nitrogen and oxygen atoms in total. The van der Waals surface area contributed by atoms with Crippen molar-refractivity contribution < 1.29 is 0 Å². The van der Waals surface area contributed by atoms with E-state index in [1.54, 1.807) is 0 Å². The lowest BCUT2D eigenvalue weighted by Gasteiger charge is -2.04. The first-order valence-corrected chi connectivity index (χ1v) is 5.53. The van der Waals surface area contributed by atoms with E-state index < -0.39 is 0 Å². The third kappa shape index (κ3) is 2.43. The van der Waals surface area contributed by atoms with Gasteiger partial charge in [-0.25, -0.2) is 0 Å². The Morgan fingerprint density at radius 1 is 0.812 bits per heavy atom. The van der Waals surface area contributed by atoms with Crippen LogP contribution in [0.3, 0.4) is 0 Å². The van der Waals surface area contributed by atoms with Crippen LogP contribution in [0.25, 0.3) is 0 Å². The second kappa shape index (κ2) is 5.15. The SMILES string of the molecule is Cl/N=C(\c1ccccc1)c1ccc(Cl)cc1. The lowest BCUT2D eigenvalue weighted by molar-refractivity contribution is 1.57. The highest BCUT2D eigenvalue weighted by Gasteiger charge is 2.05. The lowest BCUT2D eigenvalue weighted by atomic mass is 10.0. The number of nitrogens with zero attached hydrogens (tertiary/aromatic N) is 1. The molecule has 2 aromatic rings. The van der Waals surface area contributed by atoms with Gasteiger partial charge in [0.1, 0.15) is 0 Å². The zero-order chi connectivity index (χ0) is 11.4. The van der Waals surface area contributed by atoms with Gasteiger partial charge in [-0.2, -0.15) is 4.51 Å². The van der Waals surface area contributed by atoms with Gasteiger partial charge >= 0.3 is 0 Å². The van der Waals surface area contributed by atoms with Crippen LogP contribution in [0.2, 0.25) is 5.02 Å². The van der Waals surface area contributed by atoms with Gasteiger partial charge in [-0.15, -0.1) is 0 Å². The highest BCUT2D eigenvalue weighted by atomic mass is 35.5. The number of benzene rings is 2. The van der Waals surface area contributed by atoms with Crippen LogP contribution < -0.4 is 0 Å². The molecule has 80 valence electrons. The minimum Gasteiger partial charge on any atom is -0.177 e. The normalized spacial score (nSPS) is 11.5. The van der Waals surface area contributed by atoms with Crippen LogP contribution in [0.1, 0.15) is 11.1 Å². The van der Waals surface area contributed by atoms with E-state index in [2.05, 4.69) is 4.51 Å². The van der Waals surface area contributed by atoms with E-state index in [1.807, 2.05) is 54.6 Å². The zero-order valence-electron chi connectivity index (χ0n) is 8.40. The molecule has 3 heteroatoms. The first-order valence-electron chi connectivity index (χ1n) is 4.81. The van der Waals surface area contributed by atoms with Gasteiger partial charge in [0.05, 0.1) is 5.71 Å². The van der Waals surface area contributed by atoms with Gasteiger partial charge in [0.25, 0.3) is 0 Å². The maximum atomic E-state index is 5.83. The van der Waals surface area contributed by atoms with Gasteiger partial charge in [-0.1, -0.05) is 54.1 Å². The van der Waals surface area contributed by atoms with Gasteiger partial charge in [-0.05, 0) is 12.1 Å². The lowest BCUT2D eigenvalue weighted by Crippen LogP contribution is -2.01. The summed E-state index contributed by atoms with van der Waals surface area (Å²) in [5.41, 5.74) is 2.68. The van der Waals surface area contributed by atoms with Crippen LogP contribution >= 0.6 is 23.4 Å². The van der Waals surface area contributed by atoms with Crippen LogP contribution in [0, 0.1) is 0 Å². The van der Waals surface area contributed by atoms with Crippen molar-refractivity contribution in [3.63, 3.8) is 0 Å². The number of rotatable bonds is 2. The van der Waals surface area contributed by atoms with Crippen molar-refractivity contribution in [1.82, 2.24) is 0 Å². The molecule has 0 atom stereocenters. The summed E-state index contributed by atoms with van der Waals surface area (Å²) in [5, 5.41) is 0.700. The average molecular weight is 250 g/mol. The molecule has 0 aliphatic rings. The molecule has 2 rings (SSSR count). The Morgan fingerprint density at radius 3 is 1.94 bits per heavy atom. The molecule has 0 N–H and O–H groups in total. The molecule has 0 saturated carbocycles. The Hall–Kier alpha value is -1.31. The Balaban J connectivity index is 2.42. The van der Waals surface area contributed by atoms with Crippen LogP contribution in [0.5, 0.6) is 0 Å². The van der Waals surface area contributed by atoms with Crippen molar-refractivity contribution in [1.29, 1.82) is 0 Å². The minimum atomic E-state index is 0.700. The fourth-order valence-corrected chi connectivity index (χ4v) is 1.79. The zero-order valence-corrected chi connectivity index (χ0v) is 9.91. The molecule has 2 aromatic carbocycles. The van der Waals surface area contributed by atoms with E-state index in [0.717, 1.165) is 16.8 Å². The van der Waals surface area contributed by atoms with E-state index in [-0.39, 0.29) is 0 Å². The summed E-state index contributed by atoms with van der Waals surface area (Å²) in [4.78, 5) is 0. The van der Waals surface area contributed by atoms with Crippen molar-refractivity contribution >= 4 is 29.1 Å². The fraction of sp³-hybridized carbons (Fsp3) is 0. The van der Waals surface area contributed by atoms with Crippen LogP contribution in [0.4, 0.5) is 0 Å². The number of hydrogen-bond donors (Lipinski definition) is 0. The molecule has 0 bridgehead atoms. The predicted octanol–water partition coefficient (Wildman–Crippen LogP) is 4.33. The summed E-state index contributed by atoms with van der Waals surface area (Å²) in [7, 11) is 0. The minimum absolute atomic E-state index is 0.700. The van der Waals surface area contributed by atoms with Gasteiger partial charge in [-0.3, -0.25) is 0 Å². The van der Waals surface area contributed by atoms with Crippen molar-refractivity contribution in [2.75, 3.05) is 0 Å². The Labute approximate surface area is 104 Å². The molecule has 0 unspecified atom stereocenters. The first-order chi connectivity index (χ1) is 7.81. The van der Waals surface area contributed by atoms with E-state index in [0.29, 0.717) is 5.02 Å². The highest BCUT2D eigenvalue weighted by molar-refractivity contribution is 6.31. The van der Waals surface area contributed by atoms with E-state index in [1.165, 1.54) is 0 Å².